The predicted molar refractivity (Wildman–Crippen MR) is 96.2 cm³/mol. The van der Waals surface area contributed by atoms with Crippen molar-refractivity contribution in [2.75, 3.05) is 5.32 Å². The molecule has 0 spiro atoms. The van der Waals surface area contributed by atoms with Crippen LogP contribution in [0.3, 0.4) is 0 Å². The predicted octanol–water partition coefficient (Wildman–Crippen LogP) is 4.09. The second-order valence-electron chi connectivity index (χ2n) is 5.68. The molecular weight excluding hydrogens is 330 g/mol. The average molecular weight is 347 g/mol. The summed E-state index contributed by atoms with van der Waals surface area (Å²) in [5, 5.41) is 21.7. The van der Waals surface area contributed by atoms with Crippen molar-refractivity contribution in [2.45, 2.75) is 13.1 Å². The third-order valence-electron chi connectivity index (χ3n) is 3.83. The lowest BCUT2D eigenvalue weighted by Crippen LogP contribution is -2.34. The van der Waals surface area contributed by atoms with Gasteiger partial charge in [0.25, 0.3) is 0 Å². The lowest BCUT2D eigenvalue weighted by atomic mass is 10.2. The Labute approximate surface area is 150 Å². The van der Waals surface area contributed by atoms with E-state index >= 15 is 0 Å². The van der Waals surface area contributed by atoms with Gasteiger partial charge in [-0.3, -0.25) is 0 Å². The van der Waals surface area contributed by atoms with Crippen molar-refractivity contribution >= 4 is 11.7 Å². The van der Waals surface area contributed by atoms with Gasteiger partial charge < -0.3 is 19.7 Å². The summed E-state index contributed by atoms with van der Waals surface area (Å²) in [5.41, 5.74) is 1.73. The third kappa shape index (κ3) is 4.22. The number of phenols is 1. The Kier molecular flexibility index (Phi) is 5.20. The Morgan fingerprint density at radius 2 is 1.85 bits per heavy atom. The van der Waals surface area contributed by atoms with Crippen LogP contribution < -0.4 is 5.32 Å². The average Bonchev–Trinajstić information content (AvgIpc) is 3.16. The minimum absolute atomic E-state index is 0.128. The number of phenolic OH excluding ortho intramolecular Hbond substituents is 1. The highest BCUT2D eigenvalue weighted by Crippen LogP contribution is 2.20. The molecule has 0 aliphatic carbocycles. The fraction of sp³-hybridized carbons (Fsp3) is 0.100. The van der Waals surface area contributed by atoms with Crippen molar-refractivity contribution in [3.63, 3.8) is 0 Å². The van der Waals surface area contributed by atoms with Gasteiger partial charge >= 0.3 is 6.03 Å². The zero-order chi connectivity index (χ0) is 18.4. The zero-order valence-corrected chi connectivity index (χ0v) is 13.9. The van der Waals surface area contributed by atoms with Crippen molar-refractivity contribution in [3.05, 3.63) is 83.8 Å². The maximum absolute atomic E-state index is 12.7. The smallest absolute Gasteiger partial charge is 0.322 e. The Morgan fingerprint density at radius 1 is 1.08 bits per heavy atom. The van der Waals surface area contributed by atoms with Crippen LogP contribution in [0.4, 0.5) is 10.5 Å². The van der Waals surface area contributed by atoms with Crippen molar-refractivity contribution < 1.29 is 14.3 Å². The molecule has 0 saturated heterocycles. The van der Waals surface area contributed by atoms with Gasteiger partial charge in [-0.25, -0.2) is 4.79 Å². The van der Waals surface area contributed by atoms with Crippen LogP contribution in [0.15, 0.2) is 71.3 Å². The van der Waals surface area contributed by atoms with Crippen LogP contribution in [0, 0.1) is 11.3 Å². The molecule has 0 atom stereocenters. The second-order valence-corrected chi connectivity index (χ2v) is 5.68. The number of urea groups is 1. The molecule has 26 heavy (non-hydrogen) atoms. The number of hydrogen-bond acceptors (Lipinski definition) is 4. The number of carbonyl (C=O) groups excluding carboxylic acids is 1. The van der Waals surface area contributed by atoms with Crippen LogP contribution in [0.2, 0.25) is 0 Å². The van der Waals surface area contributed by atoms with Crippen LogP contribution in [0.25, 0.3) is 0 Å². The Bertz CT molecular complexity index is 912. The van der Waals surface area contributed by atoms with Crippen molar-refractivity contribution in [1.29, 1.82) is 5.26 Å². The number of rotatable bonds is 5. The number of benzene rings is 2. The molecule has 2 N–H and O–H groups in total. The van der Waals surface area contributed by atoms with Gasteiger partial charge in [0.15, 0.2) is 0 Å². The van der Waals surface area contributed by atoms with Gasteiger partial charge in [-0.05, 0) is 42.5 Å². The number of anilines is 1. The van der Waals surface area contributed by atoms with Gasteiger partial charge in [0.05, 0.1) is 31.0 Å². The fourth-order valence-corrected chi connectivity index (χ4v) is 2.47. The summed E-state index contributed by atoms with van der Waals surface area (Å²) in [6.07, 6.45) is 1.55. The molecule has 0 saturated carbocycles. The van der Waals surface area contributed by atoms with Gasteiger partial charge in [0.1, 0.15) is 11.5 Å². The number of hydrogen-bond donors (Lipinski definition) is 2. The molecule has 0 fully saturated rings. The summed E-state index contributed by atoms with van der Waals surface area (Å²) in [7, 11) is 0. The molecule has 1 heterocycles. The number of nitrogens with zero attached hydrogens (tertiary/aromatic N) is 2. The zero-order valence-electron chi connectivity index (χ0n) is 13.9. The monoisotopic (exact) mass is 347 g/mol. The molecule has 0 aliphatic heterocycles. The number of furan rings is 1. The highest BCUT2D eigenvalue weighted by Gasteiger charge is 2.17. The normalized spacial score (nSPS) is 10.1. The number of nitrogens with one attached hydrogen (secondary N) is 1. The maximum atomic E-state index is 12.7. The number of para-hydroxylation sites is 1. The maximum Gasteiger partial charge on any atom is 0.322 e. The minimum atomic E-state index is -0.339. The number of nitriles is 1. The summed E-state index contributed by atoms with van der Waals surface area (Å²) in [6, 6.07) is 18.7. The molecule has 1 aromatic heterocycles. The van der Waals surface area contributed by atoms with Crippen molar-refractivity contribution in [1.82, 2.24) is 4.90 Å². The number of aromatic hydroxyl groups is 1. The highest BCUT2D eigenvalue weighted by molar-refractivity contribution is 5.89. The molecule has 3 aromatic rings. The molecule has 2 amide bonds. The quantitative estimate of drug-likeness (QED) is 0.727. The molecule has 6 nitrogen and oxygen atoms in total. The van der Waals surface area contributed by atoms with Crippen molar-refractivity contribution in [2.24, 2.45) is 0 Å². The van der Waals surface area contributed by atoms with E-state index in [1.807, 2.05) is 6.07 Å². The standard InChI is InChI=1S/C20H17N3O3/c21-12-15-7-9-17(10-8-15)22-20(25)23(14-18-5-3-11-26-18)13-16-4-1-2-6-19(16)24/h1-11,24H,13-14H2,(H,22,25). The number of amides is 2. The van der Waals surface area contributed by atoms with Crippen LogP contribution in [-0.4, -0.2) is 16.0 Å². The third-order valence-corrected chi connectivity index (χ3v) is 3.83. The largest absolute Gasteiger partial charge is 0.508 e. The topological polar surface area (TPSA) is 89.5 Å². The molecule has 2 aromatic carbocycles. The van der Waals surface area contributed by atoms with E-state index in [4.69, 9.17) is 9.68 Å². The van der Waals surface area contributed by atoms with E-state index in [0.717, 1.165) is 0 Å². The van der Waals surface area contributed by atoms with E-state index in [2.05, 4.69) is 5.32 Å². The first kappa shape index (κ1) is 17.1. The summed E-state index contributed by atoms with van der Waals surface area (Å²) in [6.45, 7) is 0.471. The van der Waals surface area contributed by atoms with Crippen LogP contribution in [0.5, 0.6) is 5.75 Å². The van der Waals surface area contributed by atoms with Gasteiger partial charge in [-0.15, -0.1) is 0 Å². The Balaban J connectivity index is 1.78. The summed E-state index contributed by atoms with van der Waals surface area (Å²) < 4.78 is 5.34. The molecular formula is C20H17N3O3. The van der Waals surface area contributed by atoms with Crippen molar-refractivity contribution in [3.8, 4) is 11.8 Å². The molecule has 3 rings (SSSR count). The van der Waals surface area contributed by atoms with Crippen LogP contribution in [-0.2, 0) is 13.1 Å². The van der Waals surface area contributed by atoms with E-state index in [1.165, 1.54) is 4.90 Å². The Hall–Kier alpha value is -3.72. The first-order valence-electron chi connectivity index (χ1n) is 8.01. The van der Waals surface area contributed by atoms with Crippen LogP contribution in [0.1, 0.15) is 16.9 Å². The van der Waals surface area contributed by atoms with Gasteiger partial charge in [0, 0.05) is 11.3 Å². The van der Waals surface area contributed by atoms with Gasteiger partial charge in [-0.2, -0.15) is 5.26 Å². The highest BCUT2D eigenvalue weighted by atomic mass is 16.3. The van der Waals surface area contributed by atoms with Gasteiger partial charge in [-0.1, -0.05) is 18.2 Å². The van der Waals surface area contributed by atoms with E-state index in [-0.39, 0.29) is 24.9 Å². The molecule has 0 aliphatic rings. The Morgan fingerprint density at radius 3 is 2.50 bits per heavy atom. The second kappa shape index (κ2) is 7.90. The molecule has 0 unspecified atom stereocenters. The summed E-state index contributed by atoms with van der Waals surface area (Å²) >= 11 is 0. The first-order chi connectivity index (χ1) is 12.7. The summed E-state index contributed by atoms with van der Waals surface area (Å²) in [5.74, 6) is 0.763. The van der Waals surface area contributed by atoms with E-state index in [1.54, 1.807) is 66.9 Å². The molecule has 130 valence electrons. The van der Waals surface area contributed by atoms with Crippen LogP contribution >= 0.6 is 0 Å². The van der Waals surface area contributed by atoms with E-state index < -0.39 is 0 Å². The molecule has 6 heteroatoms. The van der Waals surface area contributed by atoms with Gasteiger partial charge in [0.2, 0.25) is 0 Å². The molecule has 0 bridgehead atoms. The molecule has 0 radical (unpaired) electrons. The van der Waals surface area contributed by atoms with E-state index in [9.17, 15) is 9.90 Å². The number of carbonyl (C=O) groups is 1. The van der Waals surface area contributed by atoms with E-state index in [0.29, 0.717) is 22.6 Å². The first-order valence-corrected chi connectivity index (χ1v) is 8.01. The SMILES string of the molecule is N#Cc1ccc(NC(=O)N(Cc2ccco2)Cc2ccccc2O)cc1. The lowest BCUT2D eigenvalue weighted by molar-refractivity contribution is 0.200. The summed E-state index contributed by atoms with van der Waals surface area (Å²) in [4.78, 5) is 14.3. The minimum Gasteiger partial charge on any atom is -0.508 e. The fourth-order valence-electron chi connectivity index (χ4n) is 2.47. The lowest BCUT2D eigenvalue weighted by Gasteiger charge is -2.22.